The van der Waals surface area contributed by atoms with Crippen molar-refractivity contribution < 1.29 is 14.3 Å². The van der Waals surface area contributed by atoms with Gasteiger partial charge in [0.1, 0.15) is 5.75 Å². The van der Waals surface area contributed by atoms with E-state index in [1.54, 1.807) is 12.0 Å². The predicted octanol–water partition coefficient (Wildman–Crippen LogP) is 4.06. The Labute approximate surface area is 225 Å². The maximum absolute atomic E-state index is 13.3. The highest BCUT2D eigenvalue weighted by atomic mass is 16.5. The number of rotatable bonds is 9. The maximum Gasteiger partial charge on any atom is 0.242 e. The quantitative estimate of drug-likeness (QED) is 0.428. The maximum atomic E-state index is 13.3. The molecule has 0 N–H and O–H groups in total. The first-order valence-corrected chi connectivity index (χ1v) is 13.3. The monoisotopic (exact) mass is 515 g/mol. The highest BCUT2D eigenvalue weighted by Crippen LogP contribution is 2.22. The van der Waals surface area contributed by atoms with Crippen LogP contribution in [-0.2, 0) is 16.0 Å². The number of hydrogen-bond acceptors (Lipinski definition) is 6. The molecule has 1 aliphatic rings. The minimum Gasteiger partial charge on any atom is -0.497 e. The molecule has 0 saturated carbocycles. The normalized spacial score (nSPS) is 14.5. The number of benzene rings is 2. The minimum atomic E-state index is -0.0115. The molecule has 2 amide bonds. The standard InChI is InChI=1S/C30H37N5O3/c1-4-23(2)35(29(36)21-24-9-6-5-7-10-24)22-30(37)34-18-8-17-33(19-20-34)28-16-15-27(31-32-28)25-11-13-26(38-3)14-12-25/h5-7,9-16,23H,4,8,17-22H2,1-3H3. The number of anilines is 1. The van der Waals surface area contributed by atoms with E-state index in [2.05, 4.69) is 15.1 Å². The number of carbonyl (C=O) groups excluding carboxylic acids is 2. The van der Waals surface area contributed by atoms with Crippen molar-refractivity contribution in [2.45, 2.75) is 39.2 Å². The number of ether oxygens (including phenoxy) is 1. The second-order valence-corrected chi connectivity index (χ2v) is 9.67. The summed E-state index contributed by atoms with van der Waals surface area (Å²) in [6.07, 6.45) is 1.93. The molecule has 1 unspecified atom stereocenters. The van der Waals surface area contributed by atoms with E-state index in [1.807, 2.05) is 85.5 Å². The lowest BCUT2D eigenvalue weighted by Crippen LogP contribution is -2.47. The summed E-state index contributed by atoms with van der Waals surface area (Å²) >= 11 is 0. The molecule has 3 aromatic rings. The molecule has 2 heterocycles. The van der Waals surface area contributed by atoms with Crippen LogP contribution in [0.2, 0.25) is 0 Å². The van der Waals surface area contributed by atoms with E-state index in [-0.39, 0.29) is 24.4 Å². The van der Waals surface area contributed by atoms with Crippen LogP contribution in [0, 0.1) is 0 Å². The molecular weight excluding hydrogens is 478 g/mol. The highest BCUT2D eigenvalue weighted by molar-refractivity contribution is 5.86. The molecule has 1 aliphatic heterocycles. The molecule has 2 aromatic carbocycles. The molecule has 0 spiro atoms. The van der Waals surface area contributed by atoms with Gasteiger partial charge in [-0.1, -0.05) is 37.3 Å². The van der Waals surface area contributed by atoms with Gasteiger partial charge in [-0.15, -0.1) is 10.2 Å². The van der Waals surface area contributed by atoms with E-state index in [9.17, 15) is 9.59 Å². The van der Waals surface area contributed by atoms with E-state index in [4.69, 9.17) is 4.74 Å². The van der Waals surface area contributed by atoms with Crippen molar-refractivity contribution in [3.05, 3.63) is 72.3 Å². The highest BCUT2D eigenvalue weighted by Gasteiger charge is 2.26. The lowest BCUT2D eigenvalue weighted by Gasteiger charge is -2.31. The Morgan fingerprint density at radius 3 is 2.37 bits per heavy atom. The first-order valence-electron chi connectivity index (χ1n) is 13.3. The van der Waals surface area contributed by atoms with Crippen LogP contribution in [0.25, 0.3) is 11.3 Å². The average Bonchev–Trinajstić information content (AvgIpc) is 3.22. The van der Waals surface area contributed by atoms with Gasteiger partial charge in [-0.25, -0.2) is 0 Å². The second kappa shape index (κ2) is 13.0. The van der Waals surface area contributed by atoms with Gasteiger partial charge in [0.15, 0.2) is 5.82 Å². The van der Waals surface area contributed by atoms with Crippen molar-refractivity contribution in [2.24, 2.45) is 0 Å². The van der Waals surface area contributed by atoms with Gasteiger partial charge >= 0.3 is 0 Å². The molecule has 8 heteroatoms. The molecule has 1 fully saturated rings. The summed E-state index contributed by atoms with van der Waals surface area (Å²) in [6.45, 7) is 6.87. The SMILES string of the molecule is CCC(C)N(CC(=O)N1CCCN(c2ccc(-c3ccc(OC)cc3)nn2)CC1)C(=O)Cc1ccccc1. The molecule has 4 rings (SSSR count). The van der Waals surface area contributed by atoms with Gasteiger partial charge in [0, 0.05) is 37.8 Å². The largest absolute Gasteiger partial charge is 0.497 e. The zero-order valence-electron chi connectivity index (χ0n) is 22.5. The molecule has 1 aromatic heterocycles. The molecule has 0 bridgehead atoms. The van der Waals surface area contributed by atoms with Crippen LogP contribution in [0.4, 0.5) is 5.82 Å². The van der Waals surface area contributed by atoms with Gasteiger partial charge in [0.25, 0.3) is 0 Å². The fraction of sp³-hybridized carbons (Fsp3) is 0.400. The van der Waals surface area contributed by atoms with Gasteiger partial charge in [0.05, 0.1) is 25.8 Å². The number of nitrogens with zero attached hydrogens (tertiary/aromatic N) is 5. The first-order chi connectivity index (χ1) is 18.5. The zero-order chi connectivity index (χ0) is 26.9. The summed E-state index contributed by atoms with van der Waals surface area (Å²) in [7, 11) is 1.65. The minimum absolute atomic E-state index is 0.00173. The van der Waals surface area contributed by atoms with E-state index in [0.29, 0.717) is 26.1 Å². The van der Waals surface area contributed by atoms with Gasteiger partial charge in [-0.2, -0.15) is 0 Å². The zero-order valence-corrected chi connectivity index (χ0v) is 22.5. The summed E-state index contributed by atoms with van der Waals surface area (Å²) in [5.41, 5.74) is 2.74. The van der Waals surface area contributed by atoms with Gasteiger partial charge in [0.2, 0.25) is 11.8 Å². The summed E-state index contributed by atoms with van der Waals surface area (Å²) in [5.74, 6) is 1.59. The predicted molar refractivity (Wildman–Crippen MR) is 149 cm³/mol. The summed E-state index contributed by atoms with van der Waals surface area (Å²) in [6, 6.07) is 21.4. The van der Waals surface area contributed by atoms with Crippen LogP contribution in [0.1, 0.15) is 32.3 Å². The van der Waals surface area contributed by atoms with Crippen LogP contribution in [0.5, 0.6) is 5.75 Å². The third-order valence-corrected chi connectivity index (χ3v) is 7.16. The van der Waals surface area contributed by atoms with Crippen LogP contribution in [0.3, 0.4) is 0 Å². The van der Waals surface area contributed by atoms with Gasteiger partial charge in [-0.3, -0.25) is 9.59 Å². The lowest BCUT2D eigenvalue weighted by atomic mass is 10.1. The van der Waals surface area contributed by atoms with Crippen LogP contribution < -0.4 is 9.64 Å². The Bertz CT molecular complexity index is 1180. The van der Waals surface area contributed by atoms with Gasteiger partial charge in [-0.05, 0) is 61.7 Å². The number of methoxy groups -OCH3 is 1. The van der Waals surface area contributed by atoms with Crippen molar-refractivity contribution in [1.29, 1.82) is 0 Å². The second-order valence-electron chi connectivity index (χ2n) is 9.67. The Morgan fingerprint density at radius 2 is 1.71 bits per heavy atom. The van der Waals surface area contributed by atoms with Crippen LogP contribution in [0.15, 0.2) is 66.7 Å². The van der Waals surface area contributed by atoms with Crippen molar-refractivity contribution >= 4 is 17.6 Å². The van der Waals surface area contributed by atoms with Crippen LogP contribution >= 0.6 is 0 Å². The van der Waals surface area contributed by atoms with E-state index in [0.717, 1.165) is 47.8 Å². The summed E-state index contributed by atoms with van der Waals surface area (Å²) < 4.78 is 5.22. The number of aromatic nitrogens is 2. The molecule has 200 valence electrons. The molecular formula is C30H37N5O3. The average molecular weight is 516 g/mol. The fourth-order valence-electron chi connectivity index (χ4n) is 4.63. The molecule has 0 aliphatic carbocycles. The third kappa shape index (κ3) is 6.88. The number of hydrogen-bond donors (Lipinski definition) is 0. The Balaban J connectivity index is 1.35. The lowest BCUT2D eigenvalue weighted by molar-refractivity contribution is -0.141. The number of carbonyl (C=O) groups is 2. The molecule has 8 nitrogen and oxygen atoms in total. The van der Waals surface area contributed by atoms with Crippen molar-refractivity contribution in [3.63, 3.8) is 0 Å². The van der Waals surface area contributed by atoms with E-state index in [1.165, 1.54) is 0 Å². The Kier molecular flexibility index (Phi) is 9.30. The third-order valence-electron chi connectivity index (χ3n) is 7.16. The molecule has 1 saturated heterocycles. The first kappa shape index (κ1) is 27.1. The smallest absolute Gasteiger partial charge is 0.242 e. The molecule has 1 atom stereocenters. The fourth-order valence-corrected chi connectivity index (χ4v) is 4.63. The Morgan fingerprint density at radius 1 is 0.947 bits per heavy atom. The summed E-state index contributed by atoms with van der Waals surface area (Å²) in [4.78, 5) is 32.2. The molecule has 38 heavy (non-hydrogen) atoms. The van der Waals surface area contributed by atoms with E-state index < -0.39 is 0 Å². The summed E-state index contributed by atoms with van der Waals surface area (Å²) in [5, 5.41) is 8.90. The van der Waals surface area contributed by atoms with Crippen molar-refractivity contribution in [2.75, 3.05) is 44.7 Å². The van der Waals surface area contributed by atoms with E-state index >= 15 is 0 Å². The molecule has 0 radical (unpaired) electrons. The van der Waals surface area contributed by atoms with Crippen molar-refractivity contribution in [3.8, 4) is 17.0 Å². The van der Waals surface area contributed by atoms with Gasteiger partial charge < -0.3 is 19.4 Å². The Hall–Kier alpha value is -3.94. The van der Waals surface area contributed by atoms with Crippen molar-refractivity contribution in [1.82, 2.24) is 20.0 Å². The van der Waals surface area contributed by atoms with Crippen LogP contribution in [-0.4, -0.2) is 77.7 Å². The number of amides is 2. The topological polar surface area (TPSA) is 78.9 Å².